The highest BCUT2D eigenvalue weighted by atomic mass is 35.5. The second kappa shape index (κ2) is 9.61. The van der Waals surface area contributed by atoms with E-state index in [9.17, 15) is 14.4 Å². The van der Waals surface area contributed by atoms with Gasteiger partial charge in [-0.1, -0.05) is 23.7 Å². The molecular formula is C29H26ClN3O5. The topological polar surface area (TPSA) is 116 Å². The lowest BCUT2D eigenvalue weighted by Gasteiger charge is -2.25. The molecule has 38 heavy (non-hydrogen) atoms. The first-order valence-electron chi connectivity index (χ1n) is 12.1. The molecule has 3 heterocycles. The highest BCUT2D eigenvalue weighted by Gasteiger charge is 2.25. The maximum Gasteiger partial charge on any atom is 0.271 e. The number of hydrogen-bond donors (Lipinski definition) is 1. The van der Waals surface area contributed by atoms with Crippen LogP contribution in [0.5, 0.6) is 5.75 Å². The lowest BCUT2D eigenvalue weighted by Crippen LogP contribution is -2.34. The lowest BCUT2D eigenvalue weighted by atomic mass is 9.94. The van der Waals surface area contributed by atoms with Gasteiger partial charge in [0.2, 0.25) is 0 Å². The molecule has 1 atom stereocenters. The summed E-state index contributed by atoms with van der Waals surface area (Å²) in [5.41, 5.74) is 9.67. The SMILES string of the molecule is Cc1cc([C@@H](C)Oc2ccc(Cl)nc2C(N)=O)c2oc(-c3ccc4c(c3)C(=O)N(C)CC4)c(C)c(=O)c2c1. The van der Waals surface area contributed by atoms with E-state index in [2.05, 4.69) is 4.98 Å². The molecule has 0 radical (unpaired) electrons. The third-order valence-corrected chi connectivity index (χ3v) is 7.07. The van der Waals surface area contributed by atoms with Crippen molar-refractivity contribution in [3.8, 4) is 17.1 Å². The molecule has 2 aromatic heterocycles. The number of nitrogens with zero attached hydrogens (tertiary/aromatic N) is 2. The van der Waals surface area contributed by atoms with E-state index in [0.29, 0.717) is 45.5 Å². The fraction of sp³-hybridized carbons (Fsp3) is 0.241. The molecule has 0 aliphatic carbocycles. The number of amides is 2. The summed E-state index contributed by atoms with van der Waals surface area (Å²) in [4.78, 5) is 43.9. The average molecular weight is 532 g/mol. The zero-order valence-corrected chi connectivity index (χ0v) is 22.2. The number of pyridine rings is 1. The second-order valence-electron chi connectivity index (χ2n) is 9.57. The van der Waals surface area contributed by atoms with Crippen LogP contribution in [0.4, 0.5) is 0 Å². The van der Waals surface area contributed by atoms with E-state index in [1.807, 2.05) is 25.1 Å². The van der Waals surface area contributed by atoms with Crippen LogP contribution in [0.15, 0.2) is 51.7 Å². The van der Waals surface area contributed by atoms with Crippen molar-refractivity contribution >= 4 is 34.4 Å². The Hall–Kier alpha value is -4.17. The number of fused-ring (bicyclic) bond motifs is 2. The summed E-state index contributed by atoms with van der Waals surface area (Å²) >= 11 is 5.93. The zero-order chi connectivity index (χ0) is 27.3. The second-order valence-corrected chi connectivity index (χ2v) is 9.96. The summed E-state index contributed by atoms with van der Waals surface area (Å²) in [7, 11) is 1.77. The largest absolute Gasteiger partial charge is 0.483 e. The lowest BCUT2D eigenvalue weighted by molar-refractivity contribution is 0.0780. The summed E-state index contributed by atoms with van der Waals surface area (Å²) in [5.74, 6) is -0.291. The molecule has 0 fully saturated rings. The monoisotopic (exact) mass is 531 g/mol. The summed E-state index contributed by atoms with van der Waals surface area (Å²) in [6.07, 6.45) is 0.125. The van der Waals surface area contributed by atoms with E-state index in [1.54, 1.807) is 37.9 Å². The molecular weight excluding hydrogens is 506 g/mol. The Labute approximate surface area is 224 Å². The van der Waals surface area contributed by atoms with Crippen molar-refractivity contribution in [3.63, 3.8) is 0 Å². The van der Waals surface area contributed by atoms with Crippen LogP contribution in [0, 0.1) is 13.8 Å². The van der Waals surface area contributed by atoms with E-state index < -0.39 is 12.0 Å². The number of carbonyl (C=O) groups is 2. The normalized spacial score (nSPS) is 13.9. The molecule has 8 nitrogen and oxygen atoms in total. The standard InChI is InChI=1S/C29H26ClN3O5/c1-14-11-19(16(3)37-22-7-8-23(30)32-24(22)28(31)35)27-21(12-14)25(34)15(2)26(38-27)18-6-5-17-9-10-33(4)29(36)20(17)13-18/h5-8,11-13,16H,9-10H2,1-4H3,(H2,31,35)/t16-/m1/s1. The van der Waals surface area contributed by atoms with Gasteiger partial charge in [-0.15, -0.1) is 0 Å². The van der Waals surface area contributed by atoms with Crippen LogP contribution in [0.3, 0.4) is 0 Å². The number of rotatable bonds is 5. The van der Waals surface area contributed by atoms with Gasteiger partial charge in [0.05, 0.1) is 5.39 Å². The third kappa shape index (κ3) is 4.41. The number of benzene rings is 2. The third-order valence-electron chi connectivity index (χ3n) is 6.86. The van der Waals surface area contributed by atoms with Gasteiger partial charge < -0.3 is 19.8 Å². The molecule has 0 saturated carbocycles. The smallest absolute Gasteiger partial charge is 0.271 e. The van der Waals surface area contributed by atoms with Crippen LogP contribution in [-0.2, 0) is 6.42 Å². The van der Waals surface area contributed by atoms with Gasteiger partial charge >= 0.3 is 0 Å². The molecule has 2 amide bonds. The molecule has 2 N–H and O–H groups in total. The van der Waals surface area contributed by atoms with Crippen LogP contribution in [-0.4, -0.2) is 35.3 Å². The number of aryl methyl sites for hydroxylation is 1. The van der Waals surface area contributed by atoms with Crippen molar-refractivity contribution < 1.29 is 18.7 Å². The number of halogens is 1. The Morgan fingerprint density at radius 1 is 1.16 bits per heavy atom. The molecule has 9 heteroatoms. The number of nitrogens with two attached hydrogens (primary N) is 1. The number of likely N-dealkylation sites (N-methyl/N-ethyl adjacent to an activating group) is 1. The quantitative estimate of drug-likeness (QED) is 0.363. The molecule has 194 valence electrons. The van der Waals surface area contributed by atoms with Crippen LogP contribution in [0.25, 0.3) is 22.3 Å². The molecule has 0 bridgehead atoms. The minimum absolute atomic E-state index is 0.0611. The fourth-order valence-electron chi connectivity index (χ4n) is 4.82. The van der Waals surface area contributed by atoms with Crippen LogP contribution >= 0.6 is 11.6 Å². The molecule has 1 aliphatic rings. The van der Waals surface area contributed by atoms with Crippen molar-refractivity contribution in [1.29, 1.82) is 0 Å². The van der Waals surface area contributed by atoms with Crippen LogP contribution < -0.4 is 15.9 Å². The summed E-state index contributed by atoms with van der Waals surface area (Å²) in [6, 6.07) is 12.3. The first-order chi connectivity index (χ1) is 18.0. The summed E-state index contributed by atoms with van der Waals surface area (Å²) in [5, 5.41) is 0.524. The Bertz CT molecular complexity index is 1690. The first kappa shape index (κ1) is 25.5. The van der Waals surface area contributed by atoms with E-state index in [1.165, 1.54) is 12.1 Å². The van der Waals surface area contributed by atoms with Gasteiger partial charge in [0.1, 0.15) is 22.6 Å². The predicted octanol–water partition coefficient (Wildman–Crippen LogP) is 4.99. The molecule has 0 spiro atoms. The minimum Gasteiger partial charge on any atom is -0.483 e. The number of carbonyl (C=O) groups excluding carboxylic acids is 2. The van der Waals surface area contributed by atoms with E-state index in [0.717, 1.165) is 17.5 Å². The van der Waals surface area contributed by atoms with Gasteiger partial charge in [0.25, 0.3) is 11.8 Å². The molecule has 2 aromatic carbocycles. The summed E-state index contributed by atoms with van der Waals surface area (Å²) in [6.45, 7) is 6.04. The van der Waals surface area contributed by atoms with Gasteiger partial charge in [0.15, 0.2) is 16.9 Å². The molecule has 4 aromatic rings. The van der Waals surface area contributed by atoms with Crippen molar-refractivity contribution in [2.24, 2.45) is 5.73 Å². The fourth-order valence-corrected chi connectivity index (χ4v) is 4.97. The van der Waals surface area contributed by atoms with E-state index in [-0.39, 0.29) is 27.9 Å². The Balaban J connectivity index is 1.65. The van der Waals surface area contributed by atoms with Crippen LogP contribution in [0.2, 0.25) is 5.15 Å². The van der Waals surface area contributed by atoms with Gasteiger partial charge in [-0.05, 0) is 68.7 Å². The molecule has 5 rings (SSSR count). The highest BCUT2D eigenvalue weighted by molar-refractivity contribution is 6.29. The minimum atomic E-state index is -0.777. The van der Waals surface area contributed by atoms with Gasteiger partial charge in [-0.25, -0.2) is 4.98 Å². The molecule has 1 aliphatic heterocycles. The zero-order valence-electron chi connectivity index (χ0n) is 21.4. The van der Waals surface area contributed by atoms with Gasteiger partial charge in [-0.3, -0.25) is 14.4 Å². The Morgan fingerprint density at radius 2 is 1.92 bits per heavy atom. The highest BCUT2D eigenvalue weighted by Crippen LogP contribution is 2.34. The first-order valence-corrected chi connectivity index (χ1v) is 12.5. The number of aromatic nitrogens is 1. The maximum atomic E-state index is 13.5. The number of hydrogen-bond acceptors (Lipinski definition) is 6. The van der Waals surface area contributed by atoms with Crippen molar-refractivity contribution in [2.75, 3.05) is 13.6 Å². The van der Waals surface area contributed by atoms with E-state index in [4.69, 9.17) is 26.5 Å². The molecule has 0 saturated heterocycles. The molecule has 0 unspecified atom stereocenters. The Morgan fingerprint density at radius 3 is 2.66 bits per heavy atom. The van der Waals surface area contributed by atoms with Crippen LogP contribution in [0.1, 0.15) is 56.1 Å². The van der Waals surface area contributed by atoms with E-state index >= 15 is 0 Å². The van der Waals surface area contributed by atoms with Crippen molar-refractivity contribution in [2.45, 2.75) is 33.3 Å². The average Bonchev–Trinajstić information content (AvgIpc) is 2.89. The predicted molar refractivity (Wildman–Crippen MR) is 145 cm³/mol. The summed E-state index contributed by atoms with van der Waals surface area (Å²) < 4.78 is 12.5. The number of ether oxygens (including phenoxy) is 1. The Kier molecular flexibility index (Phi) is 6.44. The van der Waals surface area contributed by atoms with Gasteiger partial charge in [-0.2, -0.15) is 0 Å². The van der Waals surface area contributed by atoms with Crippen molar-refractivity contribution in [3.05, 3.63) is 91.4 Å². The number of primary amides is 1. The van der Waals surface area contributed by atoms with Crippen molar-refractivity contribution in [1.82, 2.24) is 9.88 Å². The van der Waals surface area contributed by atoms with Gasteiger partial charge in [0, 0.05) is 35.8 Å². The maximum absolute atomic E-state index is 13.5.